The number of aryl methyl sites for hydroxylation is 2. The van der Waals surface area contributed by atoms with Gasteiger partial charge in [0.15, 0.2) is 0 Å². The third kappa shape index (κ3) is 2.61. The summed E-state index contributed by atoms with van der Waals surface area (Å²) in [6.45, 7) is 3.35. The summed E-state index contributed by atoms with van der Waals surface area (Å²) in [7, 11) is 4.23. The highest BCUT2D eigenvalue weighted by atomic mass is 15.3. The van der Waals surface area contributed by atoms with Crippen molar-refractivity contribution >= 4 is 0 Å². The van der Waals surface area contributed by atoms with Gasteiger partial charge in [-0.1, -0.05) is 19.3 Å². The molecule has 4 rings (SSSR count). The van der Waals surface area contributed by atoms with Crippen LogP contribution in [0.2, 0.25) is 0 Å². The summed E-state index contributed by atoms with van der Waals surface area (Å²) in [6, 6.07) is 4.38. The molecule has 1 saturated heterocycles. The van der Waals surface area contributed by atoms with E-state index in [-0.39, 0.29) is 0 Å². The Morgan fingerprint density at radius 1 is 1.17 bits per heavy atom. The van der Waals surface area contributed by atoms with Crippen molar-refractivity contribution in [3.63, 3.8) is 0 Å². The van der Waals surface area contributed by atoms with Crippen molar-refractivity contribution in [1.82, 2.24) is 24.2 Å². The van der Waals surface area contributed by atoms with Gasteiger partial charge >= 0.3 is 0 Å². The van der Waals surface area contributed by atoms with Crippen molar-refractivity contribution < 1.29 is 0 Å². The standard InChI is InChI=1S/C18H27N5/c1-21-10-6-7-15(21)11-23-12-16(17-20-19-14-22(17)2)18(13-23)8-4-3-5-9-18/h6-7,10,14,16H,3-5,8-9,11-13H2,1-2H3. The fourth-order valence-corrected chi connectivity index (χ4v) is 4.81. The molecule has 1 unspecified atom stereocenters. The largest absolute Gasteiger partial charge is 0.353 e. The number of rotatable bonds is 3. The molecule has 0 N–H and O–H groups in total. The highest BCUT2D eigenvalue weighted by Gasteiger charge is 2.49. The minimum Gasteiger partial charge on any atom is -0.353 e. The van der Waals surface area contributed by atoms with Crippen LogP contribution >= 0.6 is 0 Å². The van der Waals surface area contributed by atoms with E-state index in [1.54, 1.807) is 0 Å². The normalized spacial score (nSPS) is 24.5. The van der Waals surface area contributed by atoms with Crippen LogP contribution in [0.4, 0.5) is 0 Å². The number of aromatic nitrogens is 4. The van der Waals surface area contributed by atoms with E-state index in [0.717, 1.165) is 13.1 Å². The maximum absolute atomic E-state index is 4.48. The minimum atomic E-state index is 0.407. The van der Waals surface area contributed by atoms with E-state index >= 15 is 0 Å². The highest BCUT2D eigenvalue weighted by Crippen LogP contribution is 2.51. The van der Waals surface area contributed by atoms with E-state index in [9.17, 15) is 0 Å². The van der Waals surface area contributed by atoms with E-state index in [1.165, 1.54) is 50.2 Å². The van der Waals surface area contributed by atoms with Crippen LogP contribution in [0.5, 0.6) is 0 Å². The zero-order chi connectivity index (χ0) is 15.9. The Kier molecular flexibility index (Phi) is 3.76. The fraction of sp³-hybridized carbons (Fsp3) is 0.667. The van der Waals surface area contributed by atoms with Crippen molar-refractivity contribution in [3.05, 3.63) is 36.2 Å². The summed E-state index contributed by atoms with van der Waals surface area (Å²) in [5.41, 5.74) is 1.80. The Hall–Kier alpha value is -1.62. The molecule has 5 heteroatoms. The molecular formula is C18H27N5. The quantitative estimate of drug-likeness (QED) is 0.874. The summed E-state index contributed by atoms with van der Waals surface area (Å²) >= 11 is 0. The summed E-state index contributed by atoms with van der Waals surface area (Å²) in [5, 5.41) is 8.63. The van der Waals surface area contributed by atoms with Crippen molar-refractivity contribution in [1.29, 1.82) is 0 Å². The van der Waals surface area contributed by atoms with Crippen molar-refractivity contribution in [2.75, 3.05) is 13.1 Å². The molecule has 0 bridgehead atoms. The lowest BCUT2D eigenvalue weighted by Gasteiger charge is -2.37. The third-order valence-corrected chi connectivity index (χ3v) is 6.06. The summed E-state index contributed by atoms with van der Waals surface area (Å²) in [5.74, 6) is 1.71. The van der Waals surface area contributed by atoms with Crippen LogP contribution in [0.15, 0.2) is 24.7 Å². The molecule has 0 amide bonds. The van der Waals surface area contributed by atoms with E-state index < -0.39 is 0 Å². The average molecular weight is 313 g/mol. The molecule has 0 aromatic carbocycles. The van der Waals surface area contributed by atoms with Crippen molar-refractivity contribution in [2.45, 2.75) is 44.6 Å². The van der Waals surface area contributed by atoms with Crippen molar-refractivity contribution in [3.8, 4) is 0 Å². The van der Waals surface area contributed by atoms with Crippen LogP contribution in [0.1, 0.15) is 49.5 Å². The predicted octanol–water partition coefficient (Wildman–Crippen LogP) is 2.70. The van der Waals surface area contributed by atoms with Crippen LogP contribution < -0.4 is 0 Å². The van der Waals surface area contributed by atoms with Crippen LogP contribution in [-0.4, -0.2) is 37.3 Å². The Morgan fingerprint density at radius 3 is 2.65 bits per heavy atom. The minimum absolute atomic E-state index is 0.407. The summed E-state index contributed by atoms with van der Waals surface area (Å²) < 4.78 is 4.37. The molecule has 23 heavy (non-hydrogen) atoms. The lowest BCUT2D eigenvalue weighted by Crippen LogP contribution is -2.33. The molecule has 2 aromatic heterocycles. The number of nitrogens with zero attached hydrogens (tertiary/aromatic N) is 5. The molecule has 5 nitrogen and oxygen atoms in total. The number of likely N-dealkylation sites (tertiary alicyclic amines) is 1. The molecule has 1 spiro atoms. The number of hydrogen-bond acceptors (Lipinski definition) is 3. The smallest absolute Gasteiger partial charge is 0.137 e. The van der Waals surface area contributed by atoms with Crippen molar-refractivity contribution in [2.24, 2.45) is 19.5 Å². The molecule has 1 saturated carbocycles. The van der Waals surface area contributed by atoms with E-state index in [1.807, 2.05) is 6.33 Å². The summed E-state index contributed by atoms with van der Waals surface area (Å²) in [4.78, 5) is 2.64. The van der Waals surface area contributed by atoms with Gasteiger partial charge in [0.1, 0.15) is 12.2 Å². The van der Waals surface area contributed by atoms with Gasteiger partial charge in [0.05, 0.1) is 0 Å². The maximum Gasteiger partial charge on any atom is 0.137 e. The molecule has 124 valence electrons. The molecular weight excluding hydrogens is 286 g/mol. The first kappa shape index (κ1) is 14.9. The lowest BCUT2D eigenvalue weighted by molar-refractivity contribution is 0.163. The predicted molar refractivity (Wildman–Crippen MR) is 90.0 cm³/mol. The van der Waals surface area contributed by atoms with Gasteiger partial charge in [0, 0.05) is 51.5 Å². The van der Waals surface area contributed by atoms with Crippen LogP contribution in [0, 0.1) is 5.41 Å². The average Bonchev–Trinajstić information content (AvgIpc) is 3.22. The van der Waals surface area contributed by atoms with Gasteiger partial charge in [0.25, 0.3) is 0 Å². The molecule has 2 fully saturated rings. The second kappa shape index (κ2) is 5.78. The fourth-order valence-electron chi connectivity index (χ4n) is 4.81. The SMILES string of the molecule is Cn1cccc1CN1CC(c2nncn2C)C2(CCCCC2)C1. The molecule has 1 aliphatic heterocycles. The zero-order valence-corrected chi connectivity index (χ0v) is 14.3. The van der Waals surface area contributed by atoms with Gasteiger partial charge in [-0.3, -0.25) is 4.90 Å². The zero-order valence-electron chi connectivity index (χ0n) is 14.3. The number of hydrogen-bond donors (Lipinski definition) is 0. The Balaban J connectivity index is 1.61. The molecule has 2 aromatic rings. The topological polar surface area (TPSA) is 38.9 Å². The third-order valence-electron chi connectivity index (χ3n) is 6.06. The summed E-state index contributed by atoms with van der Waals surface area (Å²) in [6.07, 6.45) is 10.8. The first-order chi connectivity index (χ1) is 11.2. The van der Waals surface area contributed by atoms with Gasteiger partial charge < -0.3 is 9.13 Å². The molecule has 1 atom stereocenters. The van der Waals surface area contributed by atoms with Crippen LogP contribution in [-0.2, 0) is 20.6 Å². The Labute approximate surface area is 138 Å². The maximum atomic E-state index is 4.48. The van der Waals surface area contributed by atoms with E-state index in [2.05, 4.69) is 56.7 Å². The molecule has 3 heterocycles. The Bertz CT molecular complexity index is 665. The van der Waals surface area contributed by atoms with Gasteiger partial charge in [-0.2, -0.15) is 0 Å². The van der Waals surface area contributed by atoms with E-state index in [4.69, 9.17) is 0 Å². The highest BCUT2D eigenvalue weighted by molar-refractivity contribution is 5.14. The first-order valence-electron chi connectivity index (χ1n) is 8.84. The second-order valence-corrected chi connectivity index (χ2v) is 7.56. The lowest BCUT2D eigenvalue weighted by atomic mass is 9.67. The Morgan fingerprint density at radius 2 is 2.00 bits per heavy atom. The van der Waals surface area contributed by atoms with Gasteiger partial charge in [0.2, 0.25) is 0 Å². The molecule has 2 aliphatic rings. The second-order valence-electron chi connectivity index (χ2n) is 7.56. The van der Waals surface area contributed by atoms with Gasteiger partial charge in [-0.25, -0.2) is 0 Å². The van der Waals surface area contributed by atoms with E-state index in [0.29, 0.717) is 11.3 Å². The molecule has 1 aliphatic carbocycles. The van der Waals surface area contributed by atoms with Gasteiger partial charge in [-0.15, -0.1) is 10.2 Å². The monoisotopic (exact) mass is 313 g/mol. The van der Waals surface area contributed by atoms with Gasteiger partial charge in [-0.05, 0) is 30.4 Å². The van der Waals surface area contributed by atoms with Crippen LogP contribution in [0.25, 0.3) is 0 Å². The van der Waals surface area contributed by atoms with Crippen LogP contribution in [0.3, 0.4) is 0 Å². The first-order valence-corrected chi connectivity index (χ1v) is 8.84. The molecule has 0 radical (unpaired) electrons.